The Morgan fingerprint density at radius 2 is 1.61 bits per heavy atom. The van der Waals surface area contributed by atoms with E-state index in [-0.39, 0.29) is 0 Å². The molecule has 0 aliphatic heterocycles. The molecule has 0 fully saturated rings. The Morgan fingerprint density at radius 3 is 2.06 bits per heavy atom. The molecule has 5 heteroatoms. The van der Waals surface area contributed by atoms with E-state index in [1.807, 2.05) is 26.8 Å². The second kappa shape index (κ2) is 5.87. The van der Waals surface area contributed by atoms with Crippen LogP contribution in [0.4, 0.5) is 5.69 Å². The van der Waals surface area contributed by atoms with Crippen molar-refractivity contribution in [2.75, 3.05) is 18.9 Å². The van der Waals surface area contributed by atoms with Crippen LogP contribution in [0.15, 0.2) is 6.07 Å². The fourth-order valence-corrected chi connectivity index (χ4v) is 4.16. The molecule has 2 N–H and O–H groups in total. The maximum absolute atomic E-state index is 12.8. The van der Waals surface area contributed by atoms with Crippen molar-refractivity contribution in [2.45, 2.75) is 34.6 Å². The van der Waals surface area contributed by atoms with E-state index in [0.717, 1.165) is 16.7 Å². The number of aryl methyl sites for hydroxylation is 2. The molecule has 0 aliphatic carbocycles. The molecular weight excluding hydrogens is 249 g/mol. The minimum Gasteiger partial charge on any atom is -0.398 e. The number of benzene rings is 1. The molecule has 0 aliphatic rings. The van der Waals surface area contributed by atoms with E-state index < -0.39 is 7.60 Å². The van der Waals surface area contributed by atoms with Crippen LogP contribution in [0.5, 0.6) is 0 Å². The van der Waals surface area contributed by atoms with Gasteiger partial charge in [0.15, 0.2) is 0 Å². The molecule has 102 valence electrons. The third-order valence-electron chi connectivity index (χ3n) is 2.86. The highest BCUT2D eigenvalue weighted by atomic mass is 31.2. The summed E-state index contributed by atoms with van der Waals surface area (Å²) in [7, 11) is -3.27. The summed E-state index contributed by atoms with van der Waals surface area (Å²) in [5.74, 6) is 0. The zero-order valence-corrected chi connectivity index (χ0v) is 12.6. The van der Waals surface area contributed by atoms with Crippen molar-refractivity contribution in [2.24, 2.45) is 0 Å². The van der Waals surface area contributed by atoms with Gasteiger partial charge in [0.2, 0.25) is 0 Å². The standard InChI is InChI=1S/C13H22NO3P/c1-6-16-18(15,17-7-2)13-10(4)8-9(3)12(14)11(13)5/h8H,6-7,14H2,1-5H3. The van der Waals surface area contributed by atoms with E-state index in [1.165, 1.54) is 0 Å². The van der Waals surface area contributed by atoms with E-state index in [0.29, 0.717) is 24.2 Å². The van der Waals surface area contributed by atoms with Gasteiger partial charge in [-0.3, -0.25) is 4.57 Å². The van der Waals surface area contributed by atoms with Crippen LogP contribution in [0.2, 0.25) is 0 Å². The summed E-state index contributed by atoms with van der Waals surface area (Å²) in [5, 5.41) is 0.606. The van der Waals surface area contributed by atoms with Gasteiger partial charge in [-0.15, -0.1) is 0 Å². The molecule has 1 aromatic rings. The first-order valence-corrected chi connectivity index (χ1v) is 7.67. The van der Waals surface area contributed by atoms with Crippen LogP contribution in [0.25, 0.3) is 0 Å². The number of hydrogen-bond donors (Lipinski definition) is 1. The minimum atomic E-state index is -3.27. The first-order valence-electron chi connectivity index (χ1n) is 6.13. The molecule has 0 spiro atoms. The van der Waals surface area contributed by atoms with E-state index in [9.17, 15) is 4.57 Å². The van der Waals surface area contributed by atoms with E-state index in [1.54, 1.807) is 13.8 Å². The molecule has 0 aromatic heterocycles. The predicted octanol–water partition coefficient (Wildman–Crippen LogP) is 3.09. The topological polar surface area (TPSA) is 61.5 Å². The van der Waals surface area contributed by atoms with E-state index >= 15 is 0 Å². The average Bonchev–Trinajstić information content (AvgIpc) is 2.26. The zero-order chi connectivity index (χ0) is 13.9. The molecule has 0 heterocycles. The zero-order valence-electron chi connectivity index (χ0n) is 11.7. The third kappa shape index (κ3) is 2.77. The monoisotopic (exact) mass is 271 g/mol. The number of rotatable bonds is 5. The SMILES string of the molecule is CCOP(=O)(OCC)c1c(C)cc(C)c(N)c1C. The first-order chi connectivity index (χ1) is 8.37. The van der Waals surface area contributed by atoms with Crippen molar-refractivity contribution in [3.05, 3.63) is 22.8 Å². The van der Waals surface area contributed by atoms with Gasteiger partial charge in [-0.25, -0.2) is 0 Å². The highest BCUT2D eigenvalue weighted by molar-refractivity contribution is 7.62. The normalized spacial score (nSPS) is 11.8. The summed E-state index contributed by atoms with van der Waals surface area (Å²) in [6.07, 6.45) is 0. The minimum absolute atomic E-state index is 0.337. The Balaban J connectivity index is 3.46. The largest absolute Gasteiger partial charge is 0.398 e. The maximum atomic E-state index is 12.8. The second-order valence-corrected chi connectivity index (χ2v) is 6.19. The van der Waals surface area contributed by atoms with Crippen molar-refractivity contribution in [3.8, 4) is 0 Å². The quantitative estimate of drug-likeness (QED) is 0.660. The first kappa shape index (κ1) is 15.2. The summed E-state index contributed by atoms with van der Waals surface area (Å²) in [5.41, 5.74) is 9.32. The van der Waals surface area contributed by atoms with E-state index in [2.05, 4.69) is 0 Å². The summed E-state index contributed by atoms with van der Waals surface area (Å²) in [6.45, 7) is 9.97. The van der Waals surface area contributed by atoms with Gasteiger partial charge in [-0.05, 0) is 51.3 Å². The van der Waals surface area contributed by atoms with Crippen LogP contribution in [0.3, 0.4) is 0 Å². The highest BCUT2D eigenvalue weighted by Crippen LogP contribution is 2.49. The van der Waals surface area contributed by atoms with Gasteiger partial charge >= 0.3 is 7.60 Å². The number of nitrogen functional groups attached to an aromatic ring is 1. The van der Waals surface area contributed by atoms with Crippen molar-refractivity contribution < 1.29 is 13.6 Å². The summed E-state index contributed by atoms with van der Waals surface area (Å²) >= 11 is 0. The van der Waals surface area contributed by atoms with Crippen LogP contribution in [0, 0.1) is 20.8 Å². The van der Waals surface area contributed by atoms with Gasteiger partial charge in [-0.1, -0.05) is 6.07 Å². The Morgan fingerprint density at radius 1 is 1.11 bits per heavy atom. The highest BCUT2D eigenvalue weighted by Gasteiger charge is 2.31. The molecule has 18 heavy (non-hydrogen) atoms. The number of nitrogens with two attached hydrogens (primary N) is 1. The smallest absolute Gasteiger partial charge is 0.361 e. The van der Waals surface area contributed by atoms with Crippen LogP contribution < -0.4 is 11.0 Å². The Hall–Kier alpha value is -0.830. The molecule has 0 saturated carbocycles. The predicted molar refractivity (Wildman–Crippen MR) is 75.6 cm³/mol. The van der Waals surface area contributed by atoms with Gasteiger partial charge < -0.3 is 14.8 Å². The molecule has 0 radical (unpaired) electrons. The molecule has 0 saturated heterocycles. The lowest BCUT2D eigenvalue weighted by Gasteiger charge is -2.22. The molecule has 0 unspecified atom stereocenters. The van der Waals surface area contributed by atoms with Gasteiger partial charge in [0.25, 0.3) is 0 Å². The fourth-order valence-electron chi connectivity index (χ4n) is 2.12. The third-order valence-corrected chi connectivity index (χ3v) is 5.29. The van der Waals surface area contributed by atoms with Crippen molar-refractivity contribution in [1.29, 1.82) is 0 Å². The second-order valence-electron chi connectivity index (χ2n) is 4.23. The molecular formula is C13H22NO3P. The lowest BCUT2D eigenvalue weighted by molar-refractivity contribution is 0.229. The van der Waals surface area contributed by atoms with Gasteiger partial charge in [-0.2, -0.15) is 0 Å². The lowest BCUT2D eigenvalue weighted by atomic mass is 10.1. The Labute approximate surface area is 109 Å². The van der Waals surface area contributed by atoms with E-state index in [4.69, 9.17) is 14.8 Å². The summed E-state index contributed by atoms with van der Waals surface area (Å²) in [6, 6.07) is 1.92. The Kier molecular flexibility index (Phi) is 4.97. The van der Waals surface area contributed by atoms with Gasteiger partial charge in [0.1, 0.15) is 0 Å². The molecule has 1 aromatic carbocycles. The van der Waals surface area contributed by atoms with Crippen LogP contribution in [0.1, 0.15) is 30.5 Å². The number of anilines is 1. The average molecular weight is 271 g/mol. The maximum Gasteiger partial charge on any atom is 0.361 e. The van der Waals surface area contributed by atoms with Crippen molar-refractivity contribution in [3.63, 3.8) is 0 Å². The fraction of sp³-hybridized carbons (Fsp3) is 0.538. The summed E-state index contributed by atoms with van der Waals surface area (Å²) in [4.78, 5) is 0. The summed E-state index contributed by atoms with van der Waals surface area (Å²) < 4.78 is 23.6. The molecule has 0 bridgehead atoms. The lowest BCUT2D eigenvalue weighted by Crippen LogP contribution is -2.19. The van der Waals surface area contributed by atoms with Crippen molar-refractivity contribution >= 4 is 18.6 Å². The molecule has 0 amide bonds. The van der Waals surface area contributed by atoms with Crippen LogP contribution in [-0.4, -0.2) is 13.2 Å². The van der Waals surface area contributed by atoms with Crippen LogP contribution in [-0.2, 0) is 13.6 Å². The number of hydrogen-bond acceptors (Lipinski definition) is 4. The molecule has 0 atom stereocenters. The van der Waals surface area contributed by atoms with Crippen molar-refractivity contribution in [1.82, 2.24) is 0 Å². The van der Waals surface area contributed by atoms with Gasteiger partial charge in [0.05, 0.1) is 18.5 Å². The van der Waals surface area contributed by atoms with Crippen LogP contribution >= 0.6 is 7.60 Å². The Bertz CT molecular complexity index is 476. The molecule has 4 nitrogen and oxygen atoms in total. The molecule has 1 rings (SSSR count). The van der Waals surface area contributed by atoms with Gasteiger partial charge in [0, 0.05) is 5.69 Å².